The fourth-order valence-electron chi connectivity index (χ4n) is 2.01. The highest BCUT2D eigenvalue weighted by molar-refractivity contribution is 7.89. The average Bonchev–Trinajstić information content (AvgIpc) is 2.51. The molecule has 0 saturated carbocycles. The summed E-state index contributed by atoms with van der Waals surface area (Å²) >= 11 is 11.8. The summed E-state index contributed by atoms with van der Waals surface area (Å²) in [4.78, 5) is -0.0154. The highest BCUT2D eigenvalue weighted by atomic mass is 35.5. The standard InChI is InChI=1S/C16H17Cl2NO3S/c1-2-22-14-6-3-12(4-7-14)9-10-19-23(20,21)16-11-13(17)5-8-15(16)18/h3-8,11,19H,2,9-10H2,1H3. The number of nitrogens with one attached hydrogen (secondary N) is 1. The van der Waals surface area contributed by atoms with Gasteiger partial charge in [-0.05, 0) is 49.2 Å². The molecule has 4 nitrogen and oxygen atoms in total. The topological polar surface area (TPSA) is 55.4 Å². The molecule has 2 rings (SSSR count). The molecule has 0 atom stereocenters. The van der Waals surface area contributed by atoms with E-state index >= 15 is 0 Å². The van der Waals surface area contributed by atoms with E-state index in [-0.39, 0.29) is 16.5 Å². The molecule has 7 heteroatoms. The number of rotatable bonds is 7. The van der Waals surface area contributed by atoms with Crippen molar-refractivity contribution in [1.82, 2.24) is 4.72 Å². The van der Waals surface area contributed by atoms with E-state index in [1.807, 2.05) is 31.2 Å². The van der Waals surface area contributed by atoms with Crippen LogP contribution in [0.5, 0.6) is 5.75 Å². The molecule has 2 aromatic rings. The maximum absolute atomic E-state index is 12.3. The number of sulfonamides is 1. The van der Waals surface area contributed by atoms with Crippen molar-refractivity contribution < 1.29 is 13.2 Å². The first-order valence-electron chi connectivity index (χ1n) is 7.09. The van der Waals surface area contributed by atoms with Gasteiger partial charge in [0.2, 0.25) is 10.0 Å². The summed E-state index contributed by atoms with van der Waals surface area (Å²) in [6.07, 6.45) is 0.559. The Labute approximate surface area is 146 Å². The Morgan fingerprint density at radius 2 is 1.78 bits per heavy atom. The second-order valence-corrected chi connectivity index (χ2v) is 7.38. The monoisotopic (exact) mass is 373 g/mol. The van der Waals surface area contributed by atoms with Gasteiger partial charge in [-0.15, -0.1) is 0 Å². The number of hydrogen-bond acceptors (Lipinski definition) is 3. The number of benzene rings is 2. The van der Waals surface area contributed by atoms with Crippen molar-refractivity contribution >= 4 is 33.2 Å². The van der Waals surface area contributed by atoms with Crippen molar-refractivity contribution in [2.45, 2.75) is 18.2 Å². The molecule has 124 valence electrons. The first-order chi connectivity index (χ1) is 10.9. The van der Waals surface area contributed by atoms with Crippen molar-refractivity contribution in [3.05, 3.63) is 58.1 Å². The molecule has 0 aromatic heterocycles. The first kappa shape index (κ1) is 18.1. The normalized spacial score (nSPS) is 11.4. The average molecular weight is 374 g/mol. The molecule has 0 heterocycles. The first-order valence-corrected chi connectivity index (χ1v) is 9.33. The molecular formula is C16H17Cl2NO3S. The molecular weight excluding hydrogens is 357 g/mol. The lowest BCUT2D eigenvalue weighted by Gasteiger charge is -2.09. The molecule has 0 spiro atoms. The summed E-state index contributed by atoms with van der Waals surface area (Å²) in [5.74, 6) is 0.794. The van der Waals surface area contributed by atoms with E-state index < -0.39 is 10.0 Å². The van der Waals surface area contributed by atoms with Crippen molar-refractivity contribution in [1.29, 1.82) is 0 Å². The summed E-state index contributed by atoms with van der Waals surface area (Å²) in [7, 11) is -3.69. The van der Waals surface area contributed by atoms with Crippen molar-refractivity contribution in [3.8, 4) is 5.75 Å². The summed E-state index contributed by atoms with van der Waals surface area (Å²) in [6.45, 7) is 2.79. The second-order valence-electron chi connectivity index (χ2n) is 4.80. The van der Waals surface area contributed by atoms with Crippen molar-refractivity contribution in [3.63, 3.8) is 0 Å². The third-order valence-corrected chi connectivity index (χ3v) is 5.30. The molecule has 0 aliphatic heterocycles. The highest BCUT2D eigenvalue weighted by Crippen LogP contribution is 2.24. The van der Waals surface area contributed by atoms with Gasteiger partial charge in [0, 0.05) is 11.6 Å². The molecule has 0 amide bonds. The zero-order chi connectivity index (χ0) is 16.9. The van der Waals surface area contributed by atoms with Crippen LogP contribution >= 0.6 is 23.2 Å². The van der Waals surface area contributed by atoms with E-state index in [4.69, 9.17) is 27.9 Å². The van der Waals surface area contributed by atoms with E-state index in [9.17, 15) is 8.42 Å². The summed E-state index contributed by atoms with van der Waals surface area (Å²) in [5, 5.41) is 0.462. The van der Waals surface area contributed by atoms with Crippen LogP contribution in [0.25, 0.3) is 0 Å². The van der Waals surface area contributed by atoms with Crippen LogP contribution in [-0.4, -0.2) is 21.6 Å². The van der Waals surface area contributed by atoms with Crippen LogP contribution in [0.15, 0.2) is 47.4 Å². The zero-order valence-corrected chi connectivity index (χ0v) is 14.9. The Hall–Kier alpha value is -1.27. The van der Waals surface area contributed by atoms with Crippen molar-refractivity contribution in [2.24, 2.45) is 0 Å². The molecule has 0 bridgehead atoms. The predicted octanol–water partition coefficient (Wildman–Crippen LogP) is 3.91. The fraction of sp³-hybridized carbons (Fsp3) is 0.250. The lowest BCUT2D eigenvalue weighted by molar-refractivity contribution is 0.340. The summed E-state index contributed by atoms with van der Waals surface area (Å²) in [6, 6.07) is 11.9. The molecule has 0 fully saturated rings. The van der Waals surface area contributed by atoms with Crippen LogP contribution in [0.4, 0.5) is 0 Å². The second kappa shape index (κ2) is 8.02. The van der Waals surface area contributed by atoms with Gasteiger partial charge in [0.25, 0.3) is 0 Å². The molecule has 1 N–H and O–H groups in total. The Morgan fingerprint density at radius 1 is 1.09 bits per heavy atom. The molecule has 0 unspecified atom stereocenters. The van der Waals surface area contributed by atoms with Gasteiger partial charge in [-0.25, -0.2) is 13.1 Å². The summed E-state index contributed by atoms with van der Waals surface area (Å²) in [5.41, 5.74) is 1.01. The van der Waals surface area contributed by atoms with Crippen LogP contribution < -0.4 is 9.46 Å². The van der Waals surface area contributed by atoms with Gasteiger partial charge in [-0.1, -0.05) is 35.3 Å². The van der Waals surface area contributed by atoms with Crippen LogP contribution in [0, 0.1) is 0 Å². The number of hydrogen-bond donors (Lipinski definition) is 1. The molecule has 0 aliphatic carbocycles. The van der Waals surface area contributed by atoms with Gasteiger partial charge in [0.15, 0.2) is 0 Å². The van der Waals surface area contributed by atoms with E-state index in [2.05, 4.69) is 4.72 Å². The van der Waals surface area contributed by atoms with Gasteiger partial charge in [-0.2, -0.15) is 0 Å². The smallest absolute Gasteiger partial charge is 0.242 e. The van der Waals surface area contributed by atoms with Crippen LogP contribution in [0.2, 0.25) is 10.0 Å². The van der Waals surface area contributed by atoms with E-state index in [1.165, 1.54) is 12.1 Å². The largest absolute Gasteiger partial charge is 0.494 e. The minimum atomic E-state index is -3.69. The van der Waals surface area contributed by atoms with E-state index in [0.29, 0.717) is 18.1 Å². The van der Waals surface area contributed by atoms with Gasteiger partial charge >= 0.3 is 0 Å². The predicted molar refractivity (Wildman–Crippen MR) is 93.0 cm³/mol. The van der Waals surface area contributed by atoms with Crippen molar-refractivity contribution in [2.75, 3.05) is 13.2 Å². The lowest BCUT2D eigenvalue weighted by Crippen LogP contribution is -2.26. The lowest BCUT2D eigenvalue weighted by atomic mass is 10.1. The van der Waals surface area contributed by atoms with Crippen LogP contribution in [0.1, 0.15) is 12.5 Å². The van der Waals surface area contributed by atoms with Gasteiger partial charge in [0.05, 0.1) is 11.6 Å². The quantitative estimate of drug-likeness (QED) is 0.800. The SMILES string of the molecule is CCOc1ccc(CCNS(=O)(=O)c2cc(Cl)ccc2Cl)cc1. The molecule has 0 saturated heterocycles. The number of ether oxygens (including phenoxy) is 1. The third kappa shape index (κ3) is 5.11. The maximum atomic E-state index is 12.3. The molecule has 0 radical (unpaired) electrons. The van der Waals surface area contributed by atoms with Gasteiger partial charge in [0.1, 0.15) is 10.6 Å². The number of halogens is 2. The van der Waals surface area contributed by atoms with E-state index in [1.54, 1.807) is 6.07 Å². The van der Waals surface area contributed by atoms with Crippen LogP contribution in [-0.2, 0) is 16.4 Å². The molecule has 0 aliphatic rings. The zero-order valence-electron chi connectivity index (χ0n) is 12.6. The molecule has 2 aromatic carbocycles. The van der Waals surface area contributed by atoms with Gasteiger partial charge < -0.3 is 4.74 Å². The van der Waals surface area contributed by atoms with Gasteiger partial charge in [-0.3, -0.25) is 0 Å². The maximum Gasteiger partial charge on any atom is 0.242 e. The minimum absolute atomic E-state index is 0.0154. The third-order valence-electron chi connectivity index (χ3n) is 3.12. The Morgan fingerprint density at radius 3 is 2.43 bits per heavy atom. The Balaban J connectivity index is 1.98. The van der Waals surface area contributed by atoms with E-state index in [0.717, 1.165) is 11.3 Å². The fourth-order valence-corrected chi connectivity index (χ4v) is 3.80. The Kier molecular flexibility index (Phi) is 6.30. The van der Waals surface area contributed by atoms with Crippen LogP contribution in [0.3, 0.4) is 0 Å². The Bertz CT molecular complexity index is 761. The highest BCUT2D eigenvalue weighted by Gasteiger charge is 2.17. The minimum Gasteiger partial charge on any atom is -0.494 e. The summed E-state index contributed by atoms with van der Waals surface area (Å²) < 4.78 is 32.4. The molecule has 23 heavy (non-hydrogen) atoms.